The second-order valence-corrected chi connectivity index (χ2v) is 6.87. The van der Waals surface area contributed by atoms with Gasteiger partial charge in [-0.05, 0) is 26.3 Å². The fourth-order valence-electron chi connectivity index (χ4n) is 3.82. The lowest BCUT2D eigenvalue weighted by Crippen LogP contribution is -2.63. The fraction of sp³-hybridized carbons (Fsp3) is 0.867. The Balaban J connectivity index is 1.55. The number of carbonyl (C=O) groups is 2. The first-order chi connectivity index (χ1) is 9.97. The van der Waals surface area contributed by atoms with E-state index >= 15 is 0 Å². The third-order valence-corrected chi connectivity index (χ3v) is 5.46. The topological polar surface area (TPSA) is 64.1 Å². The van der Waals surface area contributed by atoms with E-state index in [2.05, 4.69) is 11.8 Å². The average molecular weight is 295 g/mol. The molecular formula is C15H25N3O3. The monoisotopic (exact) mass is 295 g/mol. The Morgan fingerprint density at radius 2 is 1.90 bits per heavy atom. The largest absolute Gasteiger partial charge is 0.481 e. The molecule has 3 fully saturated rings. The summed E-state index contributed by atoms with van der Waals surface area (Å²) in [5.74, 6) is -1.02. The molecule has 0 aliphatic carbocycles. The van der Waals surface area contributed by atoms with Crippen LogP contribution in [0, 0.1) is 11.8 Å². The maximum atomic E-state index is 12.6. The highest BCUT2D eigenvalue weighted by Crippen LogP contribution is 2.29. The van der Waals surface area contributed by atoms with Gasteiger partial charge in [0.25, 0.3) is 0 Å². The normalized spacial score (nSPS) is 31.7. The number of piperazine rings is 1. The predicted molar refractivity (Wildman–Crippen MR) is 78.0 cm³/mol. The maximum Gasteiger partial charge on any atom is 0.320 e. The van der Waals surface area contributed by atoms with Crippen molar-refractivity contribution in [3.05, 3.63) is 0 Å². The Kier molecular flexibility index (Phi) is 3.82. The molecule has 1 N–H and O–H groups in total. The average Bonchev–Trinajstić information content (AvgIpc) is 2.82. The van der Waals surface area contributed by atoms with Gasteiger partial charge in [0, 0.05) is 44.2 Å². The van der Waals surface area contributed by atoms with Gasteiger partial charge in [-0.1, -0.05) is 6.92 Å². The summed E-state index contributed by atoms with van der Waals surface area (Å²) in [6.07, 6.45) is 2.43. The number of carboxylic acid groups (broad SMARTS) is 1. The number of hydrogen-bond acceptors (Lipinski definition) is 3. The molecule has 3 rings (SSSR count). The van der Waals surface area contributed by atoms with Gasteiger partial charge in [0.05, 0.1) is 5.92 Å². The fourth-order valence-corrected chi connectivity index (χ4v) is 3.82. The zero-order chi connectivity index (χ0) is 15.1. The summed E-state index contributed by atoms with van der Waals surface area (Å²) in [5.41, 5.74) is 0. The van der Waals surface area contributed by atoms with E-state index < -0.39 is 5.97 Å². The zero-order valence-electron chi connectivity index (χ0n) is 12.9. The number of aliphatic carboxylic acids is 1. The molecule has 6 nitrogen and oxygen atoms in total. The maximum absolute atomic E-state index is 12.6. The van der Waals surface area contributed by atoms with Crippen molar-refractivity contribution in [3.63, 3.8) is 0 Å². The van der Waals surface area contributed by atoms with Crippen LogP contribution in [0.4, 0.5) is 4.79 Å². The van der Waals surface area contributed by atoms with E-state index in [4.69, 9.17) is 5.11 Å². The van der Waals surface area contributed by atoms with E-state index in [1.807, 2.05) is 9.80 Å². The lowest BCUT2D eigenvalue weighted by atomic mass is 9.87. The SMILES string of the molecule is CC(C(=O)O)C1CN(C(=O)N2CC3CCCN3CC2C)C1. The summed E-state index contributed by atoms with van der Waals surface area (Å²) in [7, 11) is 0. The number of likely N-dealkylation sites (tertiary alicyclic amines) is 1. The molecule has 3 aliphatic heterocycles. The van der Waals surface area contributed by atoms with Crippen molar-refractivity contribution in [2.75, 3.05) is 32.7 Å². The summed E-state index contributed by atoms with van der Waals surface area (Å²) < 4.78 is 0. The smallest absolute Gasteiger partial charge is 0.320 e. The van der Waals surface area contributed by atoms with Crippen molar-refractivity contribution in [1.82, 2.24) is 14.7 Å². The van der Waals surface area contributed by atoms with E-state index in [1.54, 1.807) is 6.92 Å². The molecule has 3 atom stereocenters. The molecule has 0 bridgehead atoms. The van der Waals surface area contributed by atoms with E-state index in [-0.39, 0.29) is 23.9 Å². The van der Waals surface area contributed by atoms with Crippen molar-refractivity contribution in [2.45, 2.75) is 38.8 Å². The molecule has 0 spiro atoms. The Hall–Kier alpha value is -1.30. The van der Waals surface area contributed by atoms with Crippen molar-refractivity contribution in [2.24, 2.45) is 11.8 Å². The number of nitrogens with zero attached hydrogens (tertiary/aromatic N) is 3. The van der Waals surface area contributed by atoms with Gasteiger partial charge >= 0.3 is 12.0 Å². The Morgan fingerprint density at radius 3 is 2.57 bits per heavy atom. The van der Waals surface area contributed by atoms with Gasteiger partial charge in [0.1, 0.15) is 0 Å². The lowest BCUT2D eigenvalue weighted by Gasteiger charge is -2.48. The molecule has 6 heteroatoms. The number of urea groups is 1. The first kappa shape index (κ1) is 14.6. The zero-order valence-corrected chi connectivity index (χ0v) is 12.9. The van der Waals surface area contributed by atoms with E-state index in [9.17, 15) is 9.59 Å². The number of hydrogen-bond donors (Lipinski definition) is 1. The first-order valence-corrected chi connectivity index (χ1v) is 7.99. The molecule has 118 valence electrons. The molecule has 0 radical (unpaired) electrons. The quantitative estimate of drug-likeness (QED) is 0.823. The van der Waals surface area contributed by atoms with E-state index in [1.165, 1.54) is 19.4 Å². The van der Waals surface area contributed by atoms with Crippen LogP contribution in [0.25, 0.3) is 0 Å². The molecule has 21 heavy (non-hydrogen) atoms. The van der Waals surface area contributed by atoms with Crippen LogP contribution in [0.15, 0.2) is 0 Å². The van der Waals surface area contributed by atoms with Gasteiger partial charge in [-0.25, -0.2) is 4.79 Å². The Labute approximate surface area is 125 Å². The van der Waals surface area contributed by atoms with Crippen LogP contribution in [0.3, 0.4) is 0 Å². The summed E-state index contributed by atoms with van der Waals surface area (Å²) in [6.45, 7) is 7.99. The van der Waals surface area contributed by atoms with E-state index in [0.717, 1.165) is 13.1 Å². The summed E-state index contributed by atoms with van der Waals surface area (Å²) >= 11 is 0. The van der Waals surface area contributed by atoms with Gasteiger partial charge in [0.2, 0.25) is 0 Å². The minimum Gasteiger partial charge on any atom is -0.481 e. The van der Waals surface area contributed by atoms with E-state index in [0.29, 0.717) is 19.1 Å². The molecule has 0 aromatic rings. The van der Waals surface area contributed by atoms with Crippen molar-refractivity contribution in [1.29, 1.82) is 0 Å². The molecule has 2 amide bonds. The van der Waals surface area contributed by atoms with Crippen LogP contribution in [0.1, 0.15) is 26.7 Å². The number of carbonyl (C=O) groups excluding carboxylic acids is 1. The Bertz CT molecular complexity index is 436. The number of rotatable bonds is 2. The summed E-state index contributed by atoms with van der Waals surface area (Å²) in [4.78, 5) is 29.9. The van der Waals surface area contributed by atoms with Crippen molar-refractivity contribution < 1.29 is 14.7 Å². The van der Waals surface area contributed by atoms with Crippen LogP contribution >= 0.6 is 0 Å². The third kappa shape index (κ3) is 2.61. The number of amides is 2. The van der Waals surface area contributed by atoms with Gasteiger partial charge in [-0.3, -0.25) is 9.69 Å². The Morgan fingerprint density at radius 1 is 1.19 bits per heavy atom. The predicted octanol–water partition coefficient (Wildman–Crippen LogP) is 0.927. The standard InChI is InChI=1S/C15H25N3O3/c1-10-6-16-5-3-4-13(16)9-18(10)15(21)17-7-12(8-17)11(2)14(19)20/h10-13H,3-9H2,1-2H3,(H,19,20). The molecule has 3 heterocycles. The van der Waals surface area contributed by atoms with Gasteiger partial charge < -0.3 is 14.9 Å². The van der Waals surface area contributed by atoms with Gasteiger partial charge in [-0.2, -0.15) is 0 Å². The molecular weight excluding hydrogens is 270 g/mol. The highest BCUT2D eigenvalue weighted by Gasteiger charge is 2.42. The summed E-state index contributed by atoms with van der Waals surface area (Å²) in [6, 6.07) is 0.880. The first-order valence-electron chi connectivity index (χ1n) is 7.99. The van der Waals surface area contributed by atoms with Crippen LogP contribution in [-0.4, -0.2) is 76.6 Å². The highest BCUT2D eigenvalue weighted by molar-refractivity contribution is 5.77. The molecule has 0 saturated carbocycles. The lowest BCUT2D eigenvalue weighted by molar-refractivity contribution is -0.145. The van der Waals surface area contributed by atoms with Crippen LogP contribution in [-0.2, 0) is 4.79 Å². The molecule has 0 aromatic carbocycles. The summed E-state index contributed by atoms with van der Waals surface area (Å²) in [5, 5.41) is 9.02. The van der Waals surface area contributed by atoms with Gasteiger partial charge in [-0.15, -0.1) is 0 Å². The molecule has 3 saturated heterocycles. The van der Waals surface area contributed by atoms with Crippen molar-refractivity contribution in [3.8, 4) is 0 Å². The minimum atomic E-state index is -0.764. The second kappa shape index (κ2) is 5.48. The van der Waals surface area contributed by atoms with Crippen LogP contribution in [0.2, 0.25) is 0 Å². The number of carboxylic acids is 1. The molecule has 3 unspecified atom stereocenters. The molecule has 3 aliphatic rings. The third-order valence-electron chi connectivity index (χ3n) is 5.46. The van der Waals surface area contributed by atoms with Gasteiger partial charge in [0.15, 0.2) is 0 Å². The van der Waals surface area contributed by atoms with Crippen LogP contribution < -0.4 is 0 Å². The number of fused-ring (bicyclic) bond motifs is 1. The molecule has 0 aromatic heterocycles. The van der Waals surface area contributed by atoms with Crippen LogP contribution in [0.5, 0.6) is 0 Å². The minimum absolute atomic E-state index is 0.0999. The highest BCUT2D eigenvalue weighted by atomic mass is 16.4. The van der Waals surface area contributed by atoms with Crippen molar-refractivity contribution >= 4 is 12.0 Å². The second-order valence-electron chi connectivity index (χ2n) is 6.87.